The van der Waals surface area contributed by atoms with Crippen molar-refractivity contribution < 1.29 is 17.9 Å². The number of rotatable bonds is 8. The lowest BCUT2D eigenvalue weighted by Crippen LogP contribution is -2.52. The lowest BCUT2D eigenvalue weighted by Gasteiger charge is -2.39. The topological polar surface area (TPSA) is 75.7 Å². The third-order valence-electron chi connectivity index (χ3n) is 6.18. The molecule has 0 radical (unpaired) electrons. The number of hydrogen-bond acceptors (Lipinski definition) is 4. The number of hydrogen-bond donors (Lipinski definition) is 1. The van der Waals surface area contributed by atoms with Gasteiger partial charge in [-0.1, -0.05) is 54.9 Å². The fraction of sp³-hybridized carbons (Fsp3) is 0.458. The van der Waals surface area contributed by atoms with Crippen molar-refractivity contribution in [1.29, 1.82) is 0 Å². The van der Waals surface area contributed by atoms with Gasteiger partial charge in [-0.25, -0.2) is 8.42 Å². The molecule has 0 bridgehead atoms. The Morgan fingerprint density at radius 3 is 2.41 bits per heavy atom. The van der Waals surface area contributed by atoms with Gasteiger partial charge in [0.2, 0.25) is 15.9 Å². The fourth-order valence-corrected chi connectivity index (χ4v) is 5.65. The molecule has 0 aromatic heterocycles. The van der Waals surface area contributed by atoms with E-state index >= 15 is 0 Å². The minimum atomic E-state index is -3.72. The number of ether oxygens (including phenoxy) is 1. The maximum Gasteiger partial charge on any atom is 0.243 e. The highest BCUT2D eigenvalue weighted by atomic mass is 35.5. The van der Waals surface area contributed by atoms with Crippen LogP contribution in [0.5, 0.6) is 0 Å². The van der Waals surface area contributed by atoms with Crippen LogP contribution in [0.4, 0.5) is 5.69 Å². The lowest BCUT2D eigenvalue weighted by atomic mass is 9.74. The van der Waals surface area contributed by atoms with Crippen LogP contribution in [-0.2, 0) is 25.0 Å². The SMILES string of the molecule is CCC(C(=O)NCC1(c2ccccc2)CCOCC1)N(c1ccc(C)c(Cl)c1)S(C)(=O)=O. The summed E-state index contributed by atoms with van der Waals surface area (Å²) < 4.78 is 32.2. The van der Waals surface area contributed by atoms with Gasteiger partial charge in [0.15, 0.2) is 0 Å². The van der Waals surface area contributed by atoms with Crippen LogP contribution in [0.2, 0.25) is 5.02 Å². The molecular weight excluding hydrogens is 448 g/mol. The molecule has 0 saturated carbocycles. The van der Waals surface area contributed by atoms with E-state index in [0.717, 1.165) is 30.2 Å². The second-order valence-corrected chi connectivity index (χ2v) is 10.7. The summed E-state index contributed by atoms with van der Waals surface area (Å²) in [5.74, 6) is -0.323. The van der Waals surface area contributed by atoms with Crippen molar-refractivity contribution >= 4 is 33.2 Å². The van der Waals surface area contributed by atoms with Crippen LogP contribution in [-0.4, -0.2) is 46.4 Å². The van der Waals surface area contributed by atoms with Gasteiger partial charge < -0.3 is 10.1 Å². The predicted octanol–water partition coefficient (Wildman–Crippen LogP) is 4.06. The number of sulfonamides is 1. The number of nitrogens with zero attached hydrogens (tertiary/aromatic N) is 1. The molecule has 1 saturated heterocycles. The molecule has 1 N–H and O–H groups in total. The van der Waals surface area contributed by atoms with Crippen molar-refractivity contribution in [3.63, 3.8) is 0 Å². The molecule has 2 aromatic carbocycles. The van der Waals surface area contributed by atoms with E-state index in [2.05, 4.69) is 17.4 Å². The van der Waals surface area contributed by atoms with Gasteiger partial charge in [-0.15, -0.1) is 0 Å². The first-order chi connectivity index (χ1) is 15.2. The largest absolute Gasteiger partial charge is 0.381 e. The van der Waals surface area contributed by atoms with E-state index in [9.17, 15) is 13.2 Å². The first-order valence-corrected chi connectivity index (χ1v) is 13.1. The molecule has 174 valence electrons. The maximum absolute atomic E-state index is 13.3. The van der Waals surface area contributed by atoms with Crippen molar-refractivity contribution in [3.05, 3.63) is 64.7 Å². The van der Waals surface area contributed by atoms with E-state index < -0.39 is 16.1 Å². The average molecular weight is 479 g/mol. The van der Waals surface area contributed by atoms with Crippen LogP contribution >= 0.6 is 11.6 Å². The number of anilines is 1. The van der Waals surface area contributed by atoms with E-state index in [1.165, 1.54) is 4.31 Å². The zero-order chi connectivity index (χ0) is 23.4. The van der Waals surface area contributed by atoms with E-state index in [1.807, 2.05) is 25.1 Å². The summed E-state index contributed by atoms with van der Waals surface area (Å²) in [5, 5.41) is 3.51. The molecule has 32 heavy (non-hydrogen) atoms. The third-order valence-corrected chi connectivity index (χ3v) is 7.76. The number of amides is 1. The normalized spacial score (nSPS) is 16.9. The molecule has 2 aromatic rings. The van der Waals surface area contributed by atoms with Crippen molar-refractivity contribution in [1.82, 2.24) is 5.32 Å². The number of benzene rings is 2. The highest BCUT2D eigenvalue weighted by Crippen LogP contribution is 2.34. The second-order valence-electron chi connectivity index (χ2n) is 8.39. The van der Waals surface area contributed by atoms with Gasteiger partial charge in [0, 0.05) is 30.2 Å². The smallest absolute Gasteiger partial charge is 0.243 e. The van der Waals surface area contributed by atoms with E-state index in [4.69, 9.17) is 16.3 Å². The summed E-state index contributed by atoms with van der Waals surface area (Å²) >= 11 is 6.25. The molecule has 0 spiro atoms. The fourth-order valence-electron chi connectivity index (χ4n) is 4.27. The highest BCUT2D eigenvalue weighted by molar-refractivity contribution is 7.92. The molecule has 3 rings (SSSR count). The van der Waals surface area contributed by atoms with Crippen molar-refractivity contribution in [2.75, 3.05) is 30.3 Å². The van der Waals surface area contributed by atoms with Crippen LogP contribution in [0.1, 0.15) is 37.3 Å². The summed E-state index contributed by atoms with van der Waals surface area (Å²) in [6.45, 7) is 5.32. The summed E-state index contributed by atoms with van der Waals surface area (Å²) in [6.07, 6.45) is 3.02. The molecule has 1 amide bonds. The van der Waals surface area contributed by atoms with E-state index in [1.54, 1.807) is 25.1 Å². The van der Waals surface area contributed by atoms with Crippen LogP contribution in [0.25, 0.3) is 0 Å². The number of nitrogens with one attached hydrogen (secondary N) is 1. The summed E-state index contributed by atoms with van der Waals surface area (Å²) in [7, 11) is -3.72. The van der Waals surface area contributed by atoms with Gasteiger partial charge in [0.05, 0.1) is 11.9 Å². The van der Waals surface area contributed by atoms with Gasteiger partial charge in [-0.2, -0.15) is 0 Å². The molecular formula is C24H31ClN2O4S. The molecule has 8 heteroatoms. The summed E-state index contributed by atoms with van der Waals surface area (Å²) in [5.41, 5.74) is 2.14. The van der Waals surface area contributed by atoms with Gasteiger partial charge >= 0.3 is 0 Å². The second kappa shape index (κ2) is 10.2. The van der Waals surface area contributed by atoms with Crippen molar-refractivity contribution in [2.24, 2.45) is 0 Å². The standard InChI is InChI=1S/C24H31ClN2O4S/c1-4-22(27(32(3,29)30)20-11-10-18(2)21(25)16-20)23(28)26-17-24(12-14-31-15-13-24)19-8-6-5-7-9-19/h5-11,16,22H,4,12-15,17H2,1-3H3,(H,26,28). The Labute approximate surface area is 196 Å². The third kappa shape index (κ3) is 5.45. The van der Waals surface area contributed by atoms with E-state index in [0.29, 0.717) is 36.9 Å². The molecule has 1 atom stereocenters. The molecule has 1 aliphatic heterocycles. The average Bonchev–Trinajstić information content (AvgIpc) is 2.78. The monoisotopic (exact) mass is 478 g/mol. The molecule has 1 fully saturated rings. The number of carbonyl (C=O) groups excluding carboxylic acids is 1. The summed E-state index contributed by atoms with van der Waals surface area (Å²) in [4.78, 5) is 13.3. The minimum absolute atomic E-state index is 0.240. The Kier molecular flexibility index (Phi) is 7.85. The molecule has 0 aliphatic carbocycles. The first kappa shape index (κ1) is 24.6. The molecule has 1 heterocycles. The van der Waals surface area contributed by atoms with Gasteiger partial charge in [-0.3, -0.25) is 9.10 Å². The van der Waals surface area contributed by atoms with Gasteiger partial charge in [-0.05, 0) is 49.4 Å². The summed E-state index contributed by atoms with van der Waals surface area (Å²) in [6, 6.07) is 14.3. The molecule has 6 nitrogen and oxygen atoms in total. The molecule has 1 aliphatic rings. The Morgan fingerprint density at radius 1 is 1.19 bits per heavy atom. The van der Waals surface area contributed by atoms with E-state index in [-0.39, 0.29) is 11.3 Å². The Balaban J connectivity index is 1.86. The quantitative estimate of drug-likeness (QED) is 0.620. The van der Waals surface area contributed by atoms with Crippen molar-refractivity contribution in [2.45, 2.75) is 44.6 Å². The Hall–Kier alpha value is -2.09. The first-order valence-electron chi connectivity index (χ1n) is 10.8. The lowest BCUT2D eigenvalue weighted by molar-refractivity contribution is -0.122. The van der Waals surface area contributed by atoms with Crippen LogP contribution in [0.3, 0.4) is 0 Å². The van der Waals surface area contributed by atoms with Gasteiger partial charge in [0.1, 0.15) is 6.04 Å². The Morgan fingerprint density at radius 2 is 1.84 bits per heavy atom. The number of carbonyl (C=O) groups is 1. The zero-order valence-electron chi connectivity index (χ0n) is 18.8. The Bertz CT molecular complexity index is 1040. The minimum Gasteiger partial charge on any atom is -0.381 e. The van der Waals surface area contributed by atoms with Crippen LogP contribution < -0.4 is 9.62 Å². The number of halogens is 1. The van der Waals surface area contributed by atoms with Crippen LogP contribution in [0, 0.1) is 6.92 Å². The highest BCUT2D eigenvalue weighted by Gasteiger charge is 2.37. The number of aryl methyl sites for hydroxylation is 1. The predicted molar refractivity (Wildman–Crippen MR) is 129 cm³/mol. The zero-order valence-corrected chi connectivity index (χ0v) is 20.4. The van der Waals surface area contributed by atoms with Gasteiger partial charge in [0.25, 0.3) is 0 Å². The van der Waals surface area contributed by atoms with Crippen LogP contribution in [0.15, 0.2) is 48.5 Å². The van der Waals surface area contributed by atoms with Crippen molar-refractivity contribution in [3.8, 4) is 0 Å². The maximum atomic E-state index is 13.3. The molecule has 1 unspecified atom stereocenters.